The number of esters is 1. The van der Waals surface area contributed by atoms with Crippen molar-refractivity contribution < 1.29 is 14.3 Å². The summed E-state index contributed by atoms with van der Waals surface area (Å²) in [6, 6.07) is 13.5. The lowest BCUT2D eigenvalue weighted by Gasteiger charge is -2.04. The standard InChI is InChI=1S/C14H9IO3/c15-12-5-3-11(4-6-12)14(17)18-13-7-1-10(9-16)2-8-13/h1-9H. The third-order valence-corrected chi connectivity index (χ3v) is 3.03. The van der Waals surface area contributed by atoms with Gasteiger partial charge in [-0.1, -0.05) is 0 Å². The van der Waals surface area contributed by atoms with Crippen molar-refractivity contribution in [3.05, 3.63) is 63.2 Å². The van der Waals surface area contributed by atoms with E-state index in [0.29, 0.717) is 16.9 Å². The summed E-state index contributed by atoms with van der Waals surface area (Å²) < 4.78 is 6.24. The summed E-state index contributed by atoms with van der Waals surface area (Å²) in [6.07, 6.45) is 0.741. The molecule has 3 nitrogen and oxygen atoms in total. The van der Waals surface area contributed by atoms with Gasteiger partial charge in [-0.3, -0.25) is 4.79 Å². The number of aldehydes is 1. The van der Waals surface area contributed by atoms with Crippen molar-refractivity contribution in [1.82, 2.24) is 0 Å². The normalized spacial score (nSPS) is 9.83. The highest BCUT2D eigenvalue weighted by Gasteiger charge is 2.07. The number of hydrogen-bond donors (Lipinski definition) is 0. The van der Waals surface area contributed by atoms with E-state index in [1.807, 2.05) is 12.1 Å². The number of halogens is 1. The van der Waals surface area contributed by atoms with Crippen molar-refractivity contribution in [2.24, 2.45) is 0 Å². The molecule has 0 bridgehead atoms. The van der Waals surface area contributed by atoms with E-state index < -0.39 is 5.97 Å². The second-order valence-corrected chi connectivity index (χ2v) is 4.83. The topological polar surface area (TPSA) is 43.4 Å². The van der Waals surface area contributed by atoms with E-state index in [-0.39, 0.29) is 0 Å². The fraction of sp³-hybridized carbons (Fsp3) is 0. The molecule has 0 heterocycles. The number of carbonyl (C=O) groups excluding carboxylic acids is 2. The van der Waals surface area contributed by atoms with Gasteiger partial charge in [-0.2, -0.15) is 0 Å². The third-order valence-electron chi connectivity index (χ3n) is 2.31. The van der Waals surface area contributed by atoms with E-state index in [1.54, 1.807) is 36.4 Å². The fourth-order valence-corrected chi connectivity index (χ4v) is 1.73. The molecule has 0 aliphatic heterocycles. The molecule has 2 aromatic rings. The molecule has 0 aromatic heterocycles. The van der Waals surface area contributed by atoms with Crippen LogP contribution in [0.15, 0.2) is 48.5 Å². The van der Waals surface area contributed by atoms with Gasteiger partial charge in [0.25, 0.3) is 0 Å². The summed E-state index contributed by atoms with van der Waals surface area (Å²) in [5, 5.41) is 0. The SMILES string of the molecule is O=Cc1ccc(OC(=O)c2ccc(I)cc2)cc1. The Hall–Kier alpha value is -1.69. The zero-order chi connectivity index (χ0) is 13.0. The third kappa shape index (κ3) is 3.16. The van der Waals surface area contributed by atoms with E-state index in [0.717, 1.165) is 9.86 Å². The quantitative estimate of drug-likeness (QED) is 0.368. The molecule has 0 saturated carbocycles. The number of ether oxygens (including phenoxy) is 1. The Labute approximate surface area is 118 Å². The van der Waals surface area contributed by atoms with Crippen LogP contribution in [-0.2, 0) is 0 Å². The maximum absolute atomic E-state index is 11.8. The molecular weight excluding hydrogens is 343 g/mol. The van der Waals surface area contributed by atoms with Crippen molar-refractivity contribution in [1.29, 1.82) is 0 Å². The molecule has 0 N–H and O–H groups in total. The Morgan fingerprint density at radius 1 is 1.00 bits per heavy atom. The Morgan fingerprint density at radius 2 is 1.61 bits per heavy atom. The van der Waals surface area contributed by atoms with Crippen LogP contribution in [-0.4, -0.2) is 12.3 Å². The Bertz CT molecular complexity index is 559. The lowest BCUT2D eigenvalue weighted by molar-refractivity contribution is 0.0734. The van der Waals surface area contributed by atoms with Crippen molar-refractivity contribution >= 4 is 34.8 Å². The molecule has 0 saturated heterocycles. The minimum Gasteiger partial charge on any atom is -0.423 e. The summed E-state index contributed by atoms with van der Waals surface area (Å²) in [6.45, 7) is 0. The van der Waals surface area contributed by atoms with Crippen LogP contribution in [0, 0.1) is 3.57 Å². The Balaban J connectivity index is 2.10. The molecule has 0 atom stereocenters. The monoisotopic (exact) mass is 352 g/mol. The smallest absolute Gasteiger partial charge is 0.343 e. The molecule has 0 spiro atoms. The minimum atomic E-state index is -0.412. The van der Waals surface area contributed by atoms with Gasteiger partial charge >= 0.3 is 5.97 Å². The van der Waals surface area contributed by atoms with Gasteiger partial charge < -0.3 is 4.74 Å². The largest absolute Gasteiger partial charge is 0.423 e. The molecule has 0 aliphatic rings. The molecular formula is C14H9IO3. The first kappa shape index (κ1) is 12.8. The second-order valence-electron chi connectivity index (χ2n) is 3.58. The first-order valence-electron chi connectivity index (χ1n) is 5.22. The maximum Gasteiger partial charge on any atom is 0.343 e. The number of hydrogen-bond acceptors (Lipinski definition) is 3. The van der Waals surface area contributed by atoms with E-state index in [1.165, 1.54) is 0 Å². The molecule has 4 heteroatoms. The summed E-state index contributed by atoms with van der Waals surface area (Å²) in [5.41, 5.74) is 1.04. The van der Waals surface area contributed by atoms with Crippen LogP contribution in [0.5, 0.6) is 5.75 Å². The van der Waals surface area contributed by atoms with E-state index in [4.69, 9.17) is 4.74 Å². The Kier molecular flexibility index (Phi) is 4.09. The number of benzene rings is 2. The zero-order valence-corrected chi connectivity index (χ0v) is 11.5. The van der Waals surface area contributed by atoms with Gasteiger partial charge in [-0.15, -0.1) is 0 Å². The van der Waals surface area contributed by atoms with E-state index >= 15 is 0 Å². The molecule has 0 aliphatic carbocycles. The summed E-state index contributed by atoms with van der Waals surface area (Å²) in [4.78, 5) is 22.3. The van der Waals surface area contributed by atoms with Crippen LogP contribution >= 0.6 is 22.6 Å². The first-order valence-corrected chi connectivity index (χ1v) is 6.30. The summed E-state index contributed by atoms with van der Waals surface area (Å²) >= 11 is 2.17. The van der Waals surface area contributed by atoms with Gasteiger partial charge in [-0.05, 0) is 71.1 Å². The van der Waals surface area contributed by atoms with Crippen molar-refractivity contribution in [2.45, 2.75) is 0 Å². The van der Waals surface area contributed by atoms with Gasteiger partial charge in [-0.25, -0.2) is 4.79 Å². The average molecular weight is 352 g/mol. The molecule has 0 unspecified atom stereocenters. The van der Waals surface area contributed by atoms with Crippen LogP contribution in [0.2, 0.25) is 0 Å². The molecule has 18 heavy (non-hydrogen) atoms. The lowest BCUT2D eigenvalue weighted by atomic mass is 10.2. The van der Waals surface area contributed by atoms with Crippen LogP contribution < -0.4 is 4.74 Å². The lowest BCUT2D eigenvalue weighted by Crippen LogP contribution is -2.08. The highest BCUT2D eigenvalue weighted by atomic mass is 127. The highest BCUT2D eigenvalue weighted by Crippen LogP contribution is 2.14. The van der Waals surface area contributed by atoms with Crippen molar-refractivity contribution in [3.8, 4) is 5.75 Å². The molecule has 2 aromatic carbocycles. The molecule has 2 rings (SSSR count). The maximum atomic E-state index is 11.8. The first-order chi connectivity index (χ1) is 8.69. The average Bonchev–Trinajstić information content (AvgIpc) is 2.40. The van der Waals surface area contributed by atoms with Gasteiger partial charge in [0.2, 0.25) is 0 Å². The number of rotatable bonds is 3. The summed E-state index contributed by atoms with van der Waals surface area (Å²) in [5.74, 6) is 0.00871. The zero-order valence-electron chi connectivity index (χ0n) is 9.30. The van der Waals surface area contributed by atoms with Crippen LogP contribution in [0.25, 0.3) is 0 Å². The van der Waals surface area contributed by atoms with Gasteiger partial charge in [0.1, 0.15) is 12.0 Å². The Morgan fingerprint density at radius 3 is 2.17 bits per heavy atom. The van der Waals surface area contributed by atoms with Crippen molar-refractivity contribution in [2.75, 3.05) is 0 Å². The molecule has 0 radical (unpaired) electrons. The van der Waals surface area contributed by atoms with Gasteiger partial charge in [0.15, 0.2) is 0 Å². The van der Waals surface area contributed by atoms with Crippen LogP contribution in [0.4, 0.5) is 0 Å². The van der Waals surface area contributed by atoms with Crippen molar-refractivity contribution in [3.63, 3.8) is 0 Å². The summed E-state index contributed by atoms with van der Waals surface area (Å²) in [7, 11) is 0. The molecule has 0 fully saturated rings. The molecule has 0 amide bonds. The van der Waals surface area contributed by atoms with E-state index in [9.17, 15) is 9.59 Å². The minimum absolute atomic E-state index is 0.412. The van der Waals surface area contributed by atoms with Gasteiger partial charge in [0.05, 0.1) is 5.56 Å². The second kappa shape index (κ2) is 5.77. The predicted octanol–water partition coefficient (Wildman–Crippen LogP) is 3.32. The van der Waals surface area contributed by atoms with Crippen LogP contribution in [0.1, 0.15) is 20.7 Å². The number of carbonyl (C=O) groups is 2. The molecule has 90 valence electrons. The highest BCUT2D eigenvalue weighted by molar-refractivity contribution is 14.1. The van der Waals surface area contributed by atoms with Gasteiger partial charge in [0, 0.05) is 9.13 Å². The fourth-order valence-electron chi connectivity index (χ4n) is 1.37. The van der Waals surface area contributed by atoms with Crippen LogP contribution in [0.3, 0.4) is 0 Å². The predicted molar refractivity (Wildman–Crippen MR) is 75.9 cm³/mol. The van der Waals surface area contributed by atoms with E-state index in [2.05, 4.69) is 22.6 Å².